The van der Waals surface area contributed by atoms with E-state index in [1.165, 1.54) is 36.5 Å². The zero-order valence-corrected chi connectivity index (χ0v) is 13.6. The summed E-state index contributed by atoms with van der Waals surface area (Å²) in [6.07, 6.45) is 1.34. The molecule has 5 nitrogen and oxygen atoms in total. The highest BCUT2D eigenvalue weighted by Crippen LogP contribution is 2.19. The molecule has 0 bridgehead atoms. The molecule has 8 heteroatoms. The van der Waals surface area contributed by atoms with Crippen molar-refractivity contribution in [3.8, 4) is 0 Å². The Bertz CT molecular complexity index is 958. The largest absolute Gasteiger partial charge is 0.340 e. The first-order valence-corrected chi connectivity index (χ1v) is 8.68. The van der Waals surface area contributed by atoms with Crippen molar-refractivity contribution >= 4 is 27.2 Å². The van der Waals surface area contributed by atoms with Gasteiger partial charge in [-0.1, -0.05) is 0 Å². The lowest BCUT2D eigenvalue weighted by atomic mass is 10.3. The fourth-order valence-electron chi connectivity index (χ4n) is 2.04. The summed E-state index contributed by atoms with van der Waals surface area (Å²) in [5.41, 5.74) is 0.905. The number of nitrogens with one attached hydrogen (secondary N) is 2. The fraction of sp³-hybridized carbons (Fsp3) is 0. The van der Waals surface area contributed by atoms with Crippen molar-refractivity contribution in [2.45, 2.75) is 4.90 Å². The Kier molecular flexibility index (Phi) is 4.62. The van der Waals surface area contributed by atoms with Crippen LogP contribution in [0.5, 0.6) is 0 Å². The summed E-state index contributed by atoms with van der Waals surface area (Å²) in [7, 11) is -3.83. The molecule has 128 valence electrons. The van der Waals surface area contributed by atoms with Crippen LogP contribution in [0.25, 0.3) is 0 Å². The van der Waals surface area contributed by atoms with Gasteiger partial charge < -0.3 is 5.32 Å². The molecule has 0 radical (unpaired) electrons. The van der Waals surface area contributed by atoms with Gasteiger partial charge in [0.25, 0.3) is 10.0 Å². The number of nitrogens with zero attached hydrogens (tertiary/aromatic N) is 1. The average Bonchev–Trinajstić information content (AvgIpc) is 2.59. The maximum absolute atomic E-state index is 12.9. The minimum atomic E-state index is -3.83. The van der Waals surface area contributed by atoms with Crippen LogP contribution in [0.15, 0.2) is 71.8 Å². The van der Waals surface area contributed by atoms with Crippen molar-refractivity contribution in [2.75, 3.05) is 10.0 Å². The molecule has 0 atom stereocenters. The van der Waals surface area contributed by atoms with E-state index in [4.69, 9.17) is 0 Å². The van der Waals surface area contributed by atoms with Gasteiger partial charge in [-0.15, -0.1) is 0 Å². The summed E-state index contributed by atoms with van der Waals surface area (Å²) >= 11 is 0. The van der Waals surface area contributed by atoms with Crippen LogP contribution in [0.3, 0.4) is 0 Å². The van der Waals surface area contributed by atoms with Crippen LogP contribution in [-0.2, 0) is 10.0 Å². The van der Waals surface area contributed by atoms with Crippen molar-refractivity contribution in [2.24, 2.45) is 0 Å². The van der Waals surface area contributed by atoms with Crippen LogP contribution < -0.4 is 10.0 Å². The van der Waals surface area contributed by atoms with E-state index in [1.54, 1.807) is 18.2 Å². The lowest BCUT2D eigenvalue weighted by Crippen LogP contribution is -2.13. The minimum Gasteiger partial charge on any atom is -0.340 e. The predicted octanol–water partition coefficient (Wildman–Crippen LogP) is 3.90. The van der Waals surface area contributed by atoms with Crippen molar-refractivity contribution in [1.82, 2.24) is 4.98 Å². The Labute approximate surface area is 143 Å². The van der Waals surface area contributed by atoms with Crippen LogP contribution >= 0.6 is 0 Å². The van der Waals surface area contributed by atoms with E-state index in [9.17, 15) is 17.2 Å². The molecule has 0 amide bonds. The second-order valence-corrected chi connectivity index (χ2v) is 6.81. The van der Waals surface area contributed by atoms with E-state index in [0.717, 1.165) is 12.1 Å². The highest BCUT2D eigenvalue weighted by molar-refractivity contribution is 7.92. The second kappa shape index (κ2) is 6.86. The van der Waals surface area contributed by atoms with Crippen molar-refractivity contribution < 1.29 is 17.2 Å². The van der Waals surface area contributed by atoms with Crippen LogP contribution in [0.4, 0.5) is 26.0 Å². The number of sulfonamides is 1. The monoisotopic (exact) mass is 361 g/mol. The first kappa shape index (κ1) is 16.8. The Hall–Kier alpha value is -3.00. The van der Waals surface area contributed by atoms with Gasteiger partial charge in [0.2, 0.25) is 0 Å². The zero-order valence-electron chi connectivity index (χ0n) is 12.8. The van der Waals surface area contributed by atoms with E-state index in [-0.39, 0.29) is 16.4 Å². The Morgan fingerprint density at radius 1 is 0.760 bits per heavy atom. The third-order valence-corrected chi connectivity index (χ3v) is 4.65. The molecule has 0 aliphatic heterocycles. The van der Waals surface area contributed by atoms with Gasteiger partial charge >= 0.3 is 0 Å². The van der Waals surface area contributed by atoms with Gasteiger partial charge in [0, 0.05) is 5.69 Å². The van der Waals surface area contributed by atoms with Gasteiger partial charge in [0.15, 0.2) is 0 Å². The molecular weight excluding hydrogens is 348 g/mol. The molecule has 25 heavy (non-hydrogen) atoms. The lowest BCUT2D eigenvalue weighted by molar-refractivity contribution is 0.599. The molecule has 0 fully saturated rings. The number of rotatable bonds is 5. The van der Waals surface area contributed by atoms with E-state index >= 15 is 0 Å². The number of hydrogen-bond acceptors (Lipinski definition) is 4. The summed E-state index contributed by atoms with van der Waals surface area (Å²) < 4.78 is 52.5. The summed E-state index contributed by atoms with van der Waals surface area (Å²) in [6, 6.07) is 13.3. The van der Waals surface area contributed by atoms with Crippen LogP contribution in [-0.4, -0.2) is 13.4 Å². The summed E-state index contributed by atoms with van der Waals surface area (Å²) in [5, 5.41) is 2.96. The Morgan fingerprint density at radius 2 is 1.32 bits per heavy atom. The molecule has 3 rings (SSSR count). The second-order valence-electron chi connectivity index (χ2n) is 5.12. The van der Waals surface area contributed by atoms with Crippen molar-refractivity contribution in [1.29, 1.82) is 0 Å². The Balaban J connectivity index is 1.71. The number of pyridine rings is 1. The maximum Gasteiger partial charge on any atom is 0.261 e. The third kappa shape index (κ3) is 4.30. The molecule has 0 unspecified atom stereocenters. The first-order chi connectivity index (χ1) is 11.9. The highest BCUT2D eigenvalue weighted by Gasteiger charge is 2.14. The Morgan fingerprint density at radius 3 is 1.88 bits per heavy atom. The van der Waals surface area contributed by atoms with Gasteiger partial charge in [-0.3, -0.25) is 4.72 Å². The molecular formula is C17H13F2N3O2S. The van der Waals surface area contributed by atoms with E-state index in [2.05, 4.69) is 15.0 Å². The fourth-order valence-corrected chi connectivity index (χ4v) is 3.08. The molecule has 3 aromatic rings. The number of anilines is 3. The van der Waals surface area contributed by atoms with E-state index in [1.807, 2.05) is 0 Å². The smallest absolute Gasteiger partial charge is 0.261 e. The van der Waals surface area contributed by atoms with Crippen LogP contribution in [0, 0.1) is 11.6 Å². The van der Waals surface area contributed by atoms with Crippen molar-refractivity contribution in [3.05, 3.63) is 78.5 Å². The number of halogens is 2. The molecule has 2 N–H and O–H groups in total. The van der Waals surface area contributed by atoms with Gasteiger partial charge in [-0.25, -0.2) is 22.2 Å². The zero-order chi connectivity index (χ0) is 17.9. The SMILES string of the molecule is O=S(=O)(Nc1ccc(Nc2ccc(F)cc2)nc1)c1ccc(F)cc1. The normalized spacial score (nSPS) is 11.1. The van der Waals surface area contributed by atoms with E-state index < -0.39 is 15.8 Å². The molecule has 0 aliphatic carbocycles. The molecule has 0 spiro atoms. The molecule has 1 heterocycles. The standard InChI is InChI=1S/C17H13F2N3O2S/c18-12-1-5-14(6-2-12)21-17-10-7-15(11-20-17)22-25(23,24)16-8-3-13(19)4-9-16/h1-11,22H,(H,20,21). The molecule has 0 saturated heterocycles. The van der Waals surface area contributed by atoms with Crippen LogP contribution in [0.2, 0.25) is 0 Å². The van der Waals surface area contributed by atoms with Gasteiger partial charge in [-0.2, -0.15) is 0 Å². The molecule has 0 saturated carbocycles. The first-order valence-electron chi connectivity index (χ1n) is 7.19. The van der Waals surface area contributed by atoms with Gasteiger partial charge in [0.05, 0.1) is 16.8 Å². The number of hydrogen-bond donors (Lipinski definition) is 2. The van der Waals surface area contributed by atoms with Crippen LogP contribution in [0.1, 0.15) is 0 Å². The van der Waals surface area contributed by atoms with E-state index in [0.29, 0.717) is 11.5 Å². The lowest BCUT2D eigenvalue weighted by Gasteiger charge is -2.09. The van der Waals surface area contributed by atoms with Gasteiger partial charge in [-0.05, 0) is 60.7 Å². The van der Waals surface area contributed by atoms with Crippen molar-refractivity contribution in [3.63, 3.8) is 0 Å². The quantitative estimate of drug-likeness (QED) is 0.723. The van der Waals surface area contributed by atoms with Gasteiger partial charge in [0.1, 0.15) is 17.5 Å². The molecule has 2 aromatic carbocycles. The predicted molar refractivity (Wildman–Crippen MR) is 91.1 cm³/mol. The summed E-state index contributed by atoms with van der Waals surface area (Å²) in [4.78, 5) is 4.04. The number of aromatic nitrogens is 1. The minimum absolute atomic E-state index is 0.0533. The maximum atomic E-state index is 12.9. The third-order valence-electron chi connectivity index (χ3n) is 3.26. The molecule has 1 aromatic heterocycles. The molecule has 0 aliphatic rings. The number of benzene rings is 2. The highest BCUT2D eigenvalue weighted by atomic mass is 32.2. The average molecular weight is 361 g/mol. The topological polar surface area (TPSA) is 71.1 Å². The summed E-state index contributed by atoms with van der Waals surface area (Å²) in [5.74, 6) is -0.391. The summed E-state index contributed by atoms with van der Waals surface area (Å²) in [6.45, 7) is 0.